The second-order valence-corrected chi connectivity index (χ2v) is 8.23. The van der Waals surface area contributed by atoms with Gasteiger partial charge < -0.3 is 20.7 Å². The molecule has 2 aromatic carbocycles. The zero-order valence-electron chi connectivity index (χ0n) is 19.2. The highest BCUT2D eigenvalue weighted by Gasteiger charge is 2.38. The summed E-state index contributed by atoms with van der Waals surface area (Å²) in [4.78, 5) is 29.4. The fourth-order valence-electron chi connectivity index (χ4n) is 3.93. The predicted octanol–water partition coefficient (Wildman–Crippen LogP) is 5.32. The summed E-state index contributed by atoms with van der Waals surface area (Å²) in [6.07, 6.45) is -4.26. The van der Waals surface area contributed by atoms with Crippen LogP contribution in [0.3, 0.4) is 0 Å². The van der Waals surface area contributed by atoms with E-state index in [1.54, 1.807) is 0 Å². The highest BCUT2D eigenvalue weighted by molar-refractivity contribution is 6.00. The summed E-state index contributed by atoms with van der Waals surface area (Å²) in [5, 5.41) is 14.6. The summed E-state index contributed by atoms with van der Waals surface area (Å²) in [5.74, 6) is -1.94. The molecule has 7 nitrogen and oxygen atoms in total. The lowest BCUT2D eigenvalue weighted by molar-refractivity contribution is -0.192. The number of aromatic nitrogens is 2. The van der Waals surface area contributed by atoms with Gasteiger partial charge in [0.2, 0.25) is 0 Å². The fourth-order valence-corrected chi connectivity index (χ4v) is 3.93. The van der Waals surface area contributed by atoms with Gasteiger partial charge in [0.25, 0.3) is 5.91 Å². The Kier molecular flexibility index (Phi) is 6.96. The quantitative estimate of drug-likeness (QED) is 0.306. The van der Waals surface area contributed by atoms with Gasteiger partial charge >= 0.3 is 12.1 Å². The summed E-state index contributed by atoms with van der Waals surface area (Å²) >= 11 is 0. The van der Waals surface area contributed by atoms with Crippen molar-refractivity contribution < 1.29 is 27.9 Å². The van der Waals surface area contributed by atoms with E-state index in [0.717, 1.165) is 45.7 Å². The molecule has 1 atom stereocenters. The van der Waals surface area contributed by atoms with Gasteiger partial charge in [-0.2, -0.15) is 13.2 Å². The Morgan fingerprint density at radius 3 is 2.44 bits per heavy atom. The number of fused-ring (bicyclic) bond motifs is 2. The Morgan fingerprint density at radius 1 is 1.06 bits per heavy atom. The number of benzene rings is 2. The topological polar surface area (TPSA) is 107 Å². The Balaban J connectivity index is 0.000000384. The number of halogens is 3. The van der Waals surface area contributed by atoms with Crippen LogP contribution in [0, 0.1) is 0 Å². The summed E-state index contributed by atoms with van der Waals surface area (Å²) in [6.45, 7) is 2.80. The molecule has 0 fully saturated rings. The van der Waals surface area contributed by atoms with Crippen molar-refractivity contribution in [2.75, 3.05) is 11.9 Å². The van der Waals surface area contributed by atoms with Crippen molar-refractivity contribution in [3.05, 3.63) is 83.6 Å². The van der Waals surface area contributed by atoms with Crippen molar-refractivity contribution in [2.45, 2.75) is 25.6 Å². The third kappa shape index (κ3) is 5.48. The van der Waals surface area contributed by atoms with Crippen LogP contribution in [-0.4, -0.2) is 39.7 Å². The molecule has 3 heterocycles. The lowest BCUT2D eigenvalue weighted by Gasteiger charge is -2.16. The minimum absolute atomic E-state index is 0.0130. The number of carboxylic acids is 1. The molecule has 0 spiro atoms. The minimum Gasteiger partial charge on any atom is -0.475 e. The number of alkyl halides is 3. The lowest BCUT2D eigenvalue weighted by atomic mass is 10.1. The third-order valence-electron chi connectivity index (χ3n) is 5.72. The van der Waals surface area contributed by atoms with Crippen LogP contribution in [-0.2, 0) is 11.2 Å². The second kappa shape index (κ2) is 10.1. The molecular weight excluding hydrogens is 473 g/mol. The first kappa shape index (κ1) is 24.8. The first-order valence-corrected chi connectivity index (χ1v) is 11.2. The highest BCUT2D eigenvalue weighted by atomic mass is 19.4. The van der Waals surface area contributed by atoms with Crippen LogP contribution in [0.2, 0.25) is 0 Å². The number of carboxylic acid groups (broad SMARTS) is 1. The van der Waals surface area contributed by atoms with Crippen molar-refractivity contribution in [1.82, 2.24) is 15.3 Å². The van der Waals surface area contributed by atoms with Crippen LogP contribution in [0.5, 0.6) is 0 Å². The first-order chi connectivity index (χ1) is 17.1. The minimum atomic E-state index is -5.08. The standard InChI is InChI=1S/C24H22N4O.C2HF3O2/c1-15(16-6-3-2-4-7-16)26-22-11-10-17-8-5-9-18(23(17)28-22)21-14-19-20(27-21)12-13-25-24(19)29;3-2(4,5)1(6)7/h2-11,14-15,27H,12-13H2,1H3,(H,25,29)(H,26,28);(H,6,7). The number of aliphatic carboxylic acids is 1. The van der Waals surface area contributed by atoms with E-state index in [1.165, 1.54) is 5.56 Å². The van der Waals surface area contributed by atoms with Gasteiger partial charge in [-0.1, -0.05) is 48.5 Å². The normalized spacial score (nSPS) is 13.7. The number of anilines is 1. The van der Waals surface area contributed by atoms with Gasteiger partial charge in [-0.25, -0.2) is 9.78 Å². The number of nitrogens with zero attached hydrogens (tertiary/aromatic N) is 1. The van der Waals surface area contributed by atoms with Crippen LogP contribution in [0.4, 0.5) is 19.0 Å². The molecule has 0 bridgehead atoms. The fraction of sp³-hybridized carbons (Fsp3) is 0.192. The molecule has 1 aliphatic heterocycles. The Hall–Kier alpha value is -4.34. The van der Waals surface area contributed by atoms with Gasteiger partial charge in [-0.15, -0.1) is 0 Å². The zero-order valence-corrected chi connectivity index (χ0v) is 19.2. The molecule has 1 aliphatic rings. The number of nitrogens with one attached hydrogen (secondary N) is 3. The van der Waals surface area contributed by atoms with Gasteiger partial charge in [0.15, 0.2) is 0 Å². The molecule has 0 saturated heterocycles. The molecule has 4 N–H and O–H groups in total. The lowest BCUT2D eigenvalue weighted by Crippen LogP contribution is -2.31. The van der Waals surface area contributed by atoms with Crippen LogP contribution >= 0.6 is 0 Å². The van der Waals surface area contributed by atoms with Crippen molar-refractivity contribution in [1.29, 1.82) is 0 Å². The summed E-state index contributed by atoms with van der Waals surface area (Å²) < 4.78 is 31.7. The van der Waals surface area contributed by atoms with Crippen LogP contribution < -0.4 is 10.6 Å². The van der Waals surface area contributed by atoms with Crippen molar-refractivity contribution in [2.24, 2.45) is 0 Å². The number of amides is 1. The average molecular weight is 496 g/mol. The van der Waals surface area contributed by atoms with Gasteiger partial charge in [0.05, 0.1) is 11.1 Å². The van der Waals surface area contributed by atoms with E-state index in [-0.39, 0.29) is 11.9 Å². The van der Waals surface area contributed by atoms with Crippen molar-refractivity contribution in [3.63, 3.8) is 0 Å². The van der Waals surface area contributed by atoms with Crippen LogP contribution in [0.25, 0.3) is 22.2 Å². The SMILES string of the molecule is CC(Nc1ccc2cccc(-c3cc4c([nH]3)CCNC4=O)c2n1)c1ccccc1.O=C(O)C(F)(F)F. The number of aromatic amines is 1. The molecule has 10 heteroatoms. The number of H-pyrrole nitrogens is 1. The summed E-state index contributed by atoms with van der Waals surface area (Å²) in [6, 6.07) is 22.7. The maximum atomic E-state index is 12.1. The van der Waals surface area contributed by atoms with E-state index >= 15 is 0 Å². The molecule has 36 heavy (non-hydrogen) atoms. The van der Waals surface area contributed by atoms with E-state index in [1.807, 2.05) is 36.4 Å². The number of hydrogen-bond acceptors (Lipinski definition) is 4. The number of pyridine rings is 1. The zero-order chi connectivity index (χ0) is 25.9. The van der Waals surface area contributed by atoms with Crippen molar-refractivity contribution >= 4 is 28.6 Å². The molecular formula is C26H23F3N4O3. The number of para-hydroxylation sites is 1. The molecule has 0 aliphatic carbocycles. The smallest absolute Gasteiger partial charge is 0.475 e. The second-order valence-electron chi connectivity index (χ2n) is 8.23. The molecule has 1 unspecified atom stereocenters. The number of hydrogen-bond donors (Lipinski definition) is 4. The Morgan fingerprint density at radius 2 is 1.78 bits per heavy atom. The monoisotopic (exact) mass is 496 g/mol. The van der Waals surface area contributed by atoms with E-state index < -0.39 is 12.1 Å². The maximum absolute atomic E-state index is 12.1. The molecule has 186 valence electrons. The molecule has 0 radical (unpaired) electrons. The van der Waals surface area contributed by atoms with Crippen LogP contribution in [0.15, 0.2) is 66.7 Å². The van der Waals surface area contributed by atoms with E-state index in [2.05, 4.69) is 52.9 Å². The Labute approximate surface area is 204 Å². The van der Waals surface area contributed by atoms with E-state index in [0.29, 0.717) is 6.54 Å². The predicted molar refractivity (Wildman–Crippen MR) is 130 cm³/mol. The molecule has 5 rings (SSSR count). The van der Waals surface area contributed by atoms with Gasteiger partial charge in [0.1, 0.15) is 5.82 Å². The number of carbonyl (C=O) groups excluding carboxylic acids is 1. The van der Waals surface area contributed by atoms with Gasteiger partial charge in [-0.3, -0.25) is 4.79 Å². The van der Waals surface area contributed by atoms with Gasteiger partial charge in [-0.05, 0) is 30.7 Å². The van der Waals surface area contributed by atoms with E-state index in [4.69, 9.17) is 14.9 Å². The molecule has 0 saturated carbocycles. The number of rotatable bonds is 4. The first-order valence-electron chi connectivity index (χ1n) is 11.2. The largest absolute Gasteiger partial charge is 0.490 e. The number of carbonyl (C=O) groups is 2. The van der Waals surface area contributed by atoms with Gasteiger partial charge in [0, 0.05) is 41.3 Å². The average Bonchev–Trinajstić information content (AvgIpc) is 3.29. The third-order valence-corrected chi connectivity index (χ3v) is 5.72. The summed E-state index contributed by atoms with van der Waals surface area (Å²) in [7, 11) is 0. The van der Waals surface area contributed by atoms with Crippen LogP contribution in [0.1, 0.15) is 34.6 Å². The summed E-state index contributed by atoms with van der Waals surface area (Å²) in [5.41, 5.74) is 5.78. The molecule has 2 aromatic heterocycles. The molecule has 4 aromatic rings. The van der Waals surface area contributed by atoms with E-state index in [9.17, 15) is 18.0 Å². The highest BCUT2D eigenvalue weighted by Crippen LogP contribution is 2.31. The molecule has 1 amide bonds. The Bertz CT molecular complexity index is 1400. The maximum Gasteiger partial charge on any atom is 0.490 e. The van der Waals surface area contributed by atoms with Crippen molar-refractivity contribution in [3.8, 4) is 11.3 Å².